The molecule has 0 unspecified atom stereocenters. The van der Waals surface area contributed by atoms with Crippen molar-refractivity contribution in [3.8, 4) is 23.0 Å². The van der Waals surface area contributed by atoms with Gasteiger partial charge in [-0.2, -0.15) is 0 Å². The fourth-order valence-electron chi connectivity index (χ4n) is 3.21. The van der Waals surface area contributed by atoms with Gasteiger partial charge >= 0.3 is 0 Å². The van der Waals surface area contributed by atoms with Crippen LogP contribution in [-0.4, -0.2) is 34.2 Å². The predicted octanol–water partition coefficient (Wildman–Crippen LogP) is 5.84. The largest absolute Gasteiger partial charge is 0.494 e. The zero-order valence-corrected chi connectivity index (χ0v) is 19.4. The molecule has 0 bridgehead atoms. The Morgan fingerprint density at radius 1 is 0.765 bits per heavy atom. The fraction of sp³-hybridized carbons (Fsp3) is 0.148. The third-order valence-electron chi connectivity index (χ3n) is 4.99. The minimum Gasteiger partial charge on any atom is -0.494 e. The molecule has 3 rings (SSSR count). The van der Waals surface area contributed by atoms with Gasteiger partial charge in [-0.05, 0) is 53.6 Å². The van der Waals surface area contributed by atoms with Crippen molar-refractivity contribution in [2.75, 3.05) is 33.8 Å². The Kier molecular flexibility index (Phi) is 8.29. The molecule has 34 heavy (non-hydrogen) atoms. The Balaban J connectivity index is 1.63. The summed E-state index contributed by atoms with van der Waals surface area (Å²) < 4.78 is 34.8. The molecular weight excluding hydrogens is 437 g/mol. The van der Waals surface area contributed by atoms with E-state index in [1.54, 1.807) is 21.3 Å². The first-order valence-corrected chi connectivity index (χ1v) is 10.4. The Bertz CT molecular complexity index is 1180. The van der Waals surface area contributed by atoms with Gasteiger partial charge in [-0.1, -0.05) is 24.3 Å². The lowest BCUT2D eigenvalue weighted by Gasteiger charge is -2.12. The highest BCUT2D eigenvalue weighted by atomic mass is 19.1. The average molecular weight is 464 g/mol. The number of anilines is 1. The van der Waals surface area contributed by atoms with Crippen LogP contribution < -0.4 is 24.3 Å². The summed E-state index contributed by atoms with van der Waals surface area (Å²) in [5.74, 6) is 0.905. The Morgan fingerprint density at radius 2 is 1.38 bits per heavy atom. The molecule has 0 aromatic heterocycles. The maximum Gasteiger partial charge on any atom is 0.203 e. The first-order valence-electron chi connectivity index (χ1n) is 10.4. The van der Waals surface area contributed by atoms with Crippen LogP contribution in [-0.2, 0) is 0 Å². The molecule has 6 nitrogen and oxygen atoms in total. The molecule has 0 saturated heterocycles. The lowest BCUT2D eigenvalue weighted by molar-refractivity contribution is 0.104. The molecule has 1 N–H and O–H groups in total. The normalized spacial score (nSPS) is 11.0. The summed E-state index contributed by atoms with van der Waals surface area (Å²) in [5, 5.41) is 3.04. The number of ether oxygens (including phenoxy) is 4. The number of allylic oxidation sites excluding steroid dienone is 1. The van der Waals surface area contributed by atoms with Crippen molar-refractivity contribution in [1.82, 2.24) is 0 Å². The highest BCUT2D eigenvalue weighted by Gasteiger charge is 2.12. The SMILES string of the molecule is COc1ccc(C(=O)/C=C\Nc2ccc(/C=C\c3cc(OC)c(OC)c(OC)c3)cc2)cc1F. The zero-order chi connectivity index (χ0) is 24.5. The number of rotatable bonds is 10. The van der Waals surface area contributed by atoms with Gasteiger partial charge in [0.1, 0.15) is 0 Å². The van der Waals surface area contributed by atoms with Gasteiger partial charge in [0, 0.05) is 23.5 Å². The number of carbonyl (C=O) groups is 1. The highest BCUT2D eigenvalue weighted by molar-refractivity contribution is 6.04. The number of nitrogens with one attached hydrogen (secondary N) is 1. The Morgan fingerprint density at radius 3 is 1.94 bits per heavy atom. The van der Waals surface area contributed by atoms with Gasteiger partial charge in [0.05, 0.1) is 28.4 Å². The van der Waals surface area contributed by atoms with Crippen molar-refractivity contribution in [3.63, 3.8) is 0 Å². The van der Waals surface area contributed by atoms with E-state index in [1.807, 2.05) is 48.6 Å². The molecule has 0 amide bonds. The van der Waals surface area contributed by atoms with Gasteiger partial charge in [0.15, 0.2) is 28.8 Å². The van der Waals surface area contributed by atoms with Crippen molar-refractivity contribution in [2.24, 2.45) is 0 Å². The minimum atomic E-state index is -0.579. The van der Waals surface area contributed by atoms with Gasteiger partial charge < -0.3 is 24.3 Å². The standard InChI is InChI=1S/C27H26FNO5/c1-31-24-12-9-20(17-22(24)28)23(30)13-14-29-21-10-7-18(8-11-21)5-6-19-15-25(32-2)27(34-4)26(16-19)33-3/h5-17,29H,1-4H3/b6-5-,14-13-. The molecule has 0 aliphatic heterocycles. The van der Waals surface area contributed by atoms with Crippen LogP contribution >= 0.6 is 0 Å². The van der Waals surface area contributed by atoms with E-state index in [0.717, 1.165) is 22.9 Å². The monoisotopic (exact) mass is 463 g/mol. The summed E-state index contributed by atoms with van der Waals surface area (Å²) in [5.41, 5.74) is 2.92. The molecule has 176 valence electrons. The molecule has 0 saturated carbocycles. The van der Waals surface area contributed by atoms with E-state index in [-0.39, 0.29) is 17.1 Å². The number of hydrogen-bond acceptors (Lipinski definition) is 6. The quantitative estimate of drug-likeness (QED) is 0.232. The van der Waals surface area contributed by atoms with Crippen molar-refractivity contribution < 1.29 is 28.1 Å². The van der Waals surface area contributed by atoms with Gasteiger partial charge in [-0.3, -0.25) is 4.79 Å². The maximum atomic E-state index is 13.8. The number of benzene rings is 3. The highest BCUT2D eigenvalue weighted by Crippen LogP contribution is 2.38. The first kappa shape index (κ1) is 24.4. The van der Waals surface area contributed by atoms with Gasteiger partial charge in [0.2, 0.25) is 5.75 Å². The van der Waals surface area contributed by atoms with Gasteiger partial charge in [0.25, 0.3) is 0 Å². The predicted molar refractivity (Wildman–Crippen MR) is 132 cm³/mol. The molecule has 0 aliphatic carbocycles. The Hall–Kier alpha value is -4.26. The number of hydrogen-bond donors (Lipinski definition) is 1. The second kappa shape index (κ2) is 11.6. The van der Waals surface area contributed by atoms with E-state index in [2.05, 4.69) is 5.32 Å². The second-order valence-electron chi connectivity index (χ2n) is 7.11. The number of carbonyl (C=O) groups excluding carboxylic acids is 1. The van der Waals surface area contributed by atoms with Crippen molar-refractivity contribution in [3.05, 3.63) is 89.4 Å². The number of methoxy groups -OCH3 is 4. The molecule has 0 atom stereocenters. The maximum absolute atomic E-state index is 13.8. The molecule has 0 aliphatic rings. The summed E-state index contributed by atoms with van der Waals surface area (Å²) in [6.07, 6.45) is 6.77. The van der Waals surface area contributed by atoms with E-state index in [1.165, 1.54) is 31.5 Å². The van der Waals surface area contributed by atoms with Crippen molar-refractivity contribution in [1.29, 1.82) is 0 Å². The summed E-state index contributed by atoms with van der Waals surface area (Å²) in [6, 6.07) is 15.5. The third-order valence-corrected chi connectivity index (χ3v) is 4.99. The summed E-state index contributed by atoms with van der Waals surface area (Å²) >= 11 is 0. The second-order valence-corrected chi connectivity index (χ2v) is 7.11. The van der Waals surface area contributed by atoms with Crippen LogP contribution in [0.4, 0.5) is 10.1 Å². The molecule has 0 spiro atoms. The van der Waals surface area contributed by atoms with E-state index in [4.69, 9.17) is 18.9 Å². The summed E-state index contributed by atoms with van der Waals surface area (Å²) in [4.78, 5) is 12.2. The smallest absolute Gasteiger partial charge is 0.203 e. The number of halogens is 1. The van der Waals surface area contributed by atoms with Crippen LogP contribution in [0.5, 0.6) is 23.0 Å². The summed E-state index contributed by atoms with van der Waals surface area (Å²) in [7, 11) is 6.09. The average Bonchev–Trinajstić information content (AvgIpc) is 2.87. The minimum absolute atomic E-state index is 0.0954. The number of ketones is 1. The first-order chi connectivity index (χ1) is 16.5. The summed E-state index contributed by atoms with van der Waals surface area (Å²) in [6.45, 7) is 0. The molecule has 7 heteroatoms. The molecule has 3 aromatic rings. The molecule has 0 fully saturated rings. The zero-order valence-electron chi connectivity index (χ0n) is 19.4. The Labute approximate surface area is 198 Å². The van der Waals surface area contributed by atoms with Crippen LogP contribution in [0.2, 0.25) is 0 Å². The van der Waals surface area contributed by atoms with Crippen LogP contribution in [0, 0.1) is 5.82 Å². The third kappa shape index (κ3) is 5.95. The van der Waals surface area contributed by atoms with Crippen LogP contribution in [0.15, 0.2) is 66.9 Å². The van der Waals surface area contributed by atoms with Crippen molar-refractivity contribution in [2.45, 2.75) is 0 Å². The molecule has 3 aromatic carbocycles. The molecular formula is C27H26FNO5. The van der Waals surface area contributed by atoms with E-state index in [0.29, 0.717) is 17.2 Å². The van der Waals surface area contributed by atoms with Crippen LogP contribution in [0.25, 0.3) is 12.2 Å². The lowest BCUT2D eigenvalue weighted by atomic mass is 10.1. The molecule has 0 radical (unpaired) electrons. The van der Waals surface area contributed by atoms with Gasteiger partial charge in [-0.25, -0.2) is 4.39 Å². The van der Waals surface area contributed by atoms with E-state index < -0.39 is 5.82 Å². The molecule has 0 heterocycles. The lowest BCUT2D eigenvalue weighted by Crippen LogP contribution is -1.98. The van der Waals surface area contributed by atoms with Gasteiger partial charge in [-0.15, -0.1) is 0 Å². The van der Waals surface area contributed by atoms with Crippen LogP contribution in [0.3, 0.4) is 0 Å². The van der Waals surface area contributed by atoms with Crippen molar-refractivity contribution >= 4 is 23.6 Å². The van der Waals surface area contributed by atoms with E-state index in [9.17, 15) is 9.18 Å². The fourth-order valence-corrected chi connectivity index (χ4v) is 3.21. The van der Waals surface area contributed by atoms with E-state index >= 15 is 0 Å². The van der Waals surface area contributed by atoms with Crippen LogP contribution in [0.1, 0.15) is 21.5 Å². The topological polar surface area (TPSA) is 66.0 Å².